The van der Waals surface area contributed by atoms with Crippen molar-refractivity contribution in [3.05, 3.63) is 66.6 Å². The molecule has 1 aromatic heterocycles. The van der Waals surface area contributed by atoms with Crippen LogP contribution in [0.2, 0.25) is 0 Å². The first-order valence-corrected chi connectivity index (χ1v) is 8.52. The number of benzene rings is 3. The van der Waals surface area contributed by atoms with Crippen LogP contribution in [0, 0.1) is 6.92 Å². The number of fused-ring (bicyclic) bond motifs is 2. The summed E-state index contributed by atoms with van der Waals surface area (Å²) >= 11 is 0. The van der Waals surface area contributed by atoms with Crippen molar-refractivity contribution in [3.8, 4) is 0 Å². The molecule has 0 fully saturated rings. The monoisotopic (exact) mass is 345 g/mol. The standard InChI is InChI=1S/C21H19N3O2/c1-13(22-18-9-10-20-19(12-18)23-14(2)26-20)21(25)24-17-8-7-15-5-3-4-6-16(15)11-17/h3-13,22H,1-2H3,(H,24,25)/t13-/m1/s1. The lowest BCUT2D eigenvalue weighted by Crippen LogP contribution is -2.31. The zero-order valence-corrected chi connectivity index (χ0v) is 14.6. The van der Waals surface area contributed by atoms with Gasteiger partial charge in [-0.05, 0) is 48.0 Å². The number of nitrogens with one attached hydrogen (secondary N) is 2. The molecule has 5 nitrogen and oxygen atoms in total. The van der Waals surface area contributed by atoms with Crippen molar-refractivity contribution < 1.29 is 9.21 Å². The van der Waals surface area contributed by atoms with Crippen LogP contribution in [0.5, 0.6) is 0 Å². The third-order valence-corrected chi connectivity index (χ3v) is 4.29. The predicted molar refractivity (Wildman–Crippen MR) is 104 cm³/mol. The lowest BCUT2D eigenvalue weighted by molar-refractivity contribution is -0.116. The average Bonchev–Trinajstić information content (AvgIpc) is 3.01. The zero-order valence-electron chi connectivity index (χ0n) is 14.6. The number of hydrogen-bond acceptors (Lipinski definition) is 4. The molecule has 0 aliphatic carbocycles. The third kappa shape index (κ3) is 3.24. The van der Waals surface area contributed by atoms with Crippen molar-refractivity contribution in [2.75, 3.05) is 10.6 Å². The van der Waals surface area contributed by atoms with Crippen LogP contribution < -0.4 is 10.6 Å². The van der Waals surface area contributed by atoms with Crippen LogP contribution in [0.15, 0.2) is 65.1 Å². The molecule has 1 heterocycles. The lowest BCUT2D eigenvalue weighted by Gasteiger charge is -2.15. The fraction of sp³-hybridized carbons (Fsp3) is 0.143. The minimum absolute atomic E-state index is 0.100. The van der Waals surface area contributed by atoms with E-state index in [0.29, 0.717) is 5.89 Å². The molecule has 0 saturated heterocycles. The normalized spacial score (nSPS) is 12.2. The number of aryl methyl sites for hydroxylation is 1. The van der Waals surface area contributed by atoms with Gasteiger partial charge < -0.3 is 15.1 Å². The van der Waals surface area contributed by atoms with Gasteiger partial charge in [-0.1, -0.05) is 30.3 Å². The predicted octanol–water partition coefficient (Wildman–Crippen LogP) is 4.73. The van der Waals surface area contributed by atoms with E-state index >= 15 is 0 Å². The maximum Gasteiger partial charge on any atom is 0.246 e. The second-order valence-corrected chi connectivity index (χ2v) is 6.33. The van der Waals surface area contributed by atoms with Crippen LogP contribution in [0.25, 0.3) is 21.9 Å². The number of nitrogens with zero attached hydrogens (tertiary/aromatic N) is 1. The maximum atomic E-state index is 12.5. The molecule has 0 saturated carbocycles. The zero-order chi connectivity index (χ0) is 18.1. The van der Waals surface area contributed by atoms with Crippen molar-refractivity contribution in [1.82, 2.24) is 4.98 Å². The fourth-order valence-electron chi connectivity index (χ4n) is 2.97. The average molecular weight is 345 g/mol. The first kappa shape index (κ1) is 16.1. The van der Waals surface area contributed by atoms with Gasteiger partial charge in [0.2, 0.25) is 5.91 Å². The first-order valence-electron chi connectivity index (χ1n) is 8.52. The number of amides is 1. The third-order valence-electron chi connectivity index (χ3n) is 4.29. The highest BCUT2D eigenvalue weighted by Gasteiger charge is 2.14. The highest BCUT2D eigenvalue weighted by molar-refractivity contribution is 5.98. The molecule has 0 bridgehead atoms. The Morgan fingerprint density at radius 3 is 2.62 bits per heavy atom. The minimum atomic E-state index is -0.396. The van der Waals surface area contributed by atoms with Gasteiger partial charge in [0, 0.05) is 18.3 Å². The largest absolute Gasteiger partial charge is 0.441 e. The molecule has 130 valence electrons. The van der Waals surface area contributed by atoms with Gasteiger partial charge in [0.05, 0.1) is 0 Å². The summed E-state index contributed by atoms with van der Waals surface area (Å²) in [6, 6.07) is 19.2. The fourth-order valence-corrected chi connectivity index (χ4v) is 2.97. The Bertz CT molecular complexity index is 1100. The molecule has 3 aromatic carbocycles. The van der Waals surface area contributed by atoms with E-state index in [-0.39, 0.29) is 5.91 Å². The second-order valence-electron chi connectivity index (χ2n) is 6.33. The summed E-state index contributed by atoms with van der Waals surface area (Å²) in [7, 11) is 0. The van der Waals surface area contributed by atoms with Crippen LogP contribution in [-0.2, 0) is 4.79 Å². The van der Waals surface area contributed by atoms with Gasteiger partial charge >= 0.3 is 0 Å². The van der Waals surface area contributed by atoms with E-state index in [0.717, 1.165) is 33.2 Å². The van der Waals surface area contributed by atoms with Gasteiger partial charge in [-0.3, -0.25) is 4.79 Å². The Hall–Kier alpha value is -3.34. The molecule has 0 aliphatic heterocycles. The van der Waals surface area contributed by atoms with Crippen molar-refractivity contribution >= 4 is 39.2 Å². The molecule has 1 atom stereocenters. The molecule has 1 amide bonds. The molecule has 2 N–H and O–H groups in total. The van der Waals surface area contributed by atoms with E-state index in [1.54, 1.807) is 0 Å². The van der Waals surface area contributed by atoms with Gasteiger partial charge in [0.1, 0.15) is 11.6 Å². The highest BCUT2D eigenvalue weighted by atomic mass is 16.3. The number of rotatable bonds is 4. The first-order chi connectivity index (χ1) is 12.6. The molecular formula is C21H19N3O2. The van der Waals surface area contributed by atoms with Gasteiger partial charge in [-0.2, -0.15) is 0 Å². The molecule has 4 aromatic rings. The molecule has 0 aliphatic rings. The second kappa shape index (κ2) is 6.52. The SMILES string of the molecule is Cc1nc2cc(N[C@H](C)C(=O)Nc3ccc4ccccc4c3)ccc2o1. The topological polar surface area (TPSA) is 67.2 Å². The van der Waals surface area contributed by atoms with E-state index < -0.39 is 6.04 Å². The molecule has 26 heavy (non-hydrogen) atoms. The van der Waals surface area contributed by atoms with Crippen LogP contribution in [0.4, 0.5) is 11.4 Å². The Labute approximate surface area is 151 Å². The maximum absolute atomic E-state index is 12.5. The van der Waals surface area contributed by atoms with Gasteiger partial charge in [-0.15, -0.1) is 0 Å². The van der Waals surface area contributed by atoms with E-state index in [4.69, 9.17) is 4.42 Å². The van der Waals surface area contributed by atoms with Gasteiger partial charge in [0.15, 0.2) is 11.5 Å². The summed E-state index contributed by atoms with van der Waals surface area (Å²) < 4.78 is 5.47. The van der Waals surface area contributed by atoms with Crippen LogP contribution >= 0.6 is 0 Å². The van der Waals surface area contributed by atoms with E-state index in [2.05, 4.69) is 15.6 Å². The molecule has 4 rings (SSSR count). The van der Waals surface area contributed by atoms with Crippen LogP contribution in [-0.4, -0.2) is 16.9 Å². The summed E-state index contributed by atoms with van der Waals surface area (Å²) in [5.74, 6) is 0.524. The van der Waals surface area contributed by atoms with Gasteiger partial charge in [-0.25, -0.2) is 4.98 Å². The summed E-state index contributed by atoms with van der Waals surface area (Å²) in [5.41, 5.74) is 3.12. The van der Waals surface area contributed by atoms with Crippen molar-refractivity contribution in [1.29, 1.82) is 0 Å². The van der Waals surface area contributed by atoms with Crippen LogP contribution in [0.3, 0.4) is 0 Å². The number of aromatic nitrogens is 1. The number of carbonyl (C=O) groups excluding carboxylic acids is 1. The number of hydrogen-bond donors (Lipinski definition) is 2. The highest BCUT2D eigenvalue weighted by Crippen LogP contribution is 2.21. The summed E-state index contributed by atoms with van der Waals surface area (Å²) in [5, 5.41) is 8.41. The summed E-state index contributed by atoms with van der Waals surface area (Å²) in [4.78, 5) is 16.8. The molecule has 0 spiro atoms. The van der Waals surface area contributed by atoms with Crippen molar-refractivity contribution in [2.45, 2.75) is 19.9 Å². The Kier molecular flexibility index (Phi) is 4.05. The summed E-state index contributed by atoms with van der Waals surface area (Å²) in [6.07, 6.45) is 0. The molecular weight excluding hydrogens is 326 g/mol. The van der Waals surface area contributed by atoms with E-state index in [9.17, 15) is 4.79 Å². The van der Waals surface area contributed by atoms with Gasteiger partial charge in [0.25, 0.3) is 0 Å². The van der Waals surface area contributed by atoms with E-state index in [1.165, 1.54) is 0 Å². The Morgan fingerprint density at radius 1 is 1.00 bits per heavy atom. The summed E-state index contributed by atoms with van der Waals surface area (Å²) in [6.45, 7) is 3.64. The molecule has 0 unspecified atom stereocenters. The van der Waals surface area contributed by atoms with Crippen LogP contribution in [0.1, 0.15) is 12.8 Å². The number of oxazole rings is 1. The lowest BCUT2D eigenvalue weighted by atomic mass is 10.1. The van der Waals surface area contributed by atoms with Crippen molar-refractivity contribution in [2.24, 2.45) is 0 Å². The Morgan fingerprint density at radius 2 is 1.77 bits per heavy atom. The van der Waals surface area contributed by atoms with E-state index in [1.807, 2.05) is 74.5 Å². The molecule has 5 heteroatoms. The number of anilines is 2. The number of carbonyl (C=O) groups is 1. The quantitative estimate of drug-likeness (QED) is 0.561. The van der Waals surface area contributed by atoms with Crippen molar-refractivity contribution in [3.63, 3.8) is 0 Å². The minimum Gasteiger partial charge on any atom is -0.441 e. The smallest absolute Gasteiger partial charge is 0.246 e. The molecule has 0 radical (unpaired) electrons. The Balaban J connectivity index is 1.47.